The van der Waals surface area contributed by atoms with Crippen LogP contribution < -0.4 is 21.7 Å². The summed E-state index contributed by atoms with van der Waals surface area (Å²) in [6, 6.07) is 12.8. The van der Waals surface area contributed by atoms with Gasteiger partial charge in [-0.3, -0.25) is 9.59 Å². The molecular weight excluding hydrogens is 332 g/mol. The van der Waals surface area contributed by atoms with Crippen molar-refractivity contribution < 1.29 is 14.4 Å². The molecule has 5 N–H and O–H groups in total. The largest absolute Gasteiger partial charge is 0.352 e. The van der Waals surface area contributed by atoms with Crippen LogP contribution in [0.1, 0.15) is 26.3 Å². The van der Waals surface area contributed by atoms with E-state index in [1.807, 2.05) is 0 Å². The number of para-hydroxylation sites is 1. The topological polar surface area (TPSA) is 113 Å². The van der Waals surface area contributed by atoms with Gasteiger partial charge < -0.3 is 21.7 Å². The minimum Gasteiger partial charge on any atom is -0.352 e. The first-order chi connectivity index (χ1) is 12.5. The molecule has 0 saturated carbocycles. The minimum atomic E-state index is -0.613. The molecule has 0 fully saturated rings. The van der Waals surface area contributed by atoms with Gasteiger partial charge in [-0.1, -0.05) is 30.3 Å². The molecule has 0 aliphatic heterocycles. The zero-order valence-corrected chi connectivity index (χ0v) is 14.1. The standard InChI is InChI=1S/C19H20N4O3/c1-2-11-21-18(25)15-5-3-4-6-16(15)23-17(24)14-9-7-13(8-10-14)12-22-19(20)26/h2-10H,1,11-12H2,(H,21,25)(H,23,24)(H3,20,22,26). The predicted octanol–water partition coefficient (Wildman–Crippen LogP) is 2.02. The van der Waals surface area contributed by atoms with E-state index in [4.69, 9.17) is 5.73 Å². The van der Waals surface area contributed by atoms with Gasteiger partial charge in [-0.05, 0) is 29.8 Å². The fraction of sp³-hybridized carbons (Fsp3) is 0.105. The SMILES string of the molecule is C=CCNC(=O)c1ccccc1NC(=O)c1ccc(CNC(N)=O)cc1. The summed E-state index contributed by atoms with van der Waals surface area (Å²) in [4.78, 5) is 35.3. The smallest absolute Gasteiger partial charge is 0.312 e. The van der Waals surface area contributed by atoms with Crippen molar-refractivity contribution >= 4 is 23.5 Å². The van der Waals surface area contributed by atoms with Gasteiger partial charge in [-0.15, -0.1) is 6.58 Å². The molecule has 2 aromatic rings. The van der Waals surface area contributed by atoms with Crippen LogP contribution in [0.4, 0.5) is 10.5 Å². The van der Waals surface area contributed by atoms with Crippen LogP contribution in [0.25, 0.3) is 0 Å². The predicted molar refractivity (Wildman–Crippen MR) is 99.8 cm³/mol. The van der Waals surface area contributed by atoms with Gasteiger partial charge in [0.2, 0.25) is 0 Å². The Labute approximate surface area is 151 Å². The number of anilines is 1. The van der Waals surface area contributed by atoms with E-state index in [0.29, 0.717) is 23.4 Å². The number of carbonyl (C=O) groups is 3. The van der Waals surface area contributed by atoms with Crippen LogP contribution in [0.5, 0.6) is 0 Å². The molecule has 26 heavy (non-hydrogen) atoms. The number of rotatable bonds is 7. The zero-order valence-electron chi connectivity index (χ0n) is 14.1. The van der Waals surface area contributed by atoms with E-state index in [1.54, 1.807) is 54.6 Å². The van der Waals surface area contributed by atoms with Crippen LogP contribution in [0, 0.1) is 0 Å². The Morgan fingerprint density at radius 1 is 0.962 bits per heavy atom. The number of hydrogen-bond acceptors (Lipinski definition) is 3. The molecule has 7 heteroatoms. The van der Waals surface area contributed by atoms with Crippen molar-refractivity contribution in [3.8, 4) is 0 Å². The molecule has 0 aliphatic carbocycles. The van der Waals surface area contributed by atoms with Gasteiger partial charge in [0, 0.05) is 18.7 Å². The Morgan fingerprint density at radius 3 is 2.31 bits per heavy atom. The van der Waals surface area contributed by atoms with Crippen LogP contribution in [-0.4, -0.2) is 24.4 Å². The number of carbonyl (C=O) groups excluding carboxylic acids is 3. The van der Waals surface area contributed by atoms with Crippen LogP contribution in [0.3, 0.4) is 0 Å². The molecule has 0 atom stereocenters. The number of benzene rings is 2. The van der Waals surface area contributed by atoms with Crippen LogP contribution in [0.15, 0.2) is 61.2 Å². The lowest BCUT2D eigenvalue weighted by atomic mass is 10.1. The Hall–Kier alpha value is -3.61. The molecule has 2 aromatic carbocycles. The third-order valence-electron chi connectivity index (χ3n) is 3.51. The second-order valence-corrected chi connectivity index (χ2v) is 5.41. The zero-order chi connectivity index (χ0) is 18.9. The first kappa shape index (κ1) is 18.7. The molecule has 0 aliphatic rings. The second-order valence-electron chi connectivity index (χ2n) is 5.41. The molecule has 7 nitrogen and oxygen atoms in total. The third kappa shape index (κ3) is 5.20. The molecule has 134 valence electrons. The van der Waals surface area contributed by atoms with E-state index in [9.17, 15) is 14.4 Å². The quantitative estimate of drug-likeness (QED) is 0.572. The molecule has 2 rings (SSSR count). The van der Waals surface area contributed by atoms with Crippen molar-refractivity contribution in [2.75, 3.05) is 11.9 Å². The highest BCUT2D eigenvalue weighted by molar-refractivity contribution is 6.09. The summed E-state index contributed by atoms with van der Waals surface area (Å²) in [5.74, 6) is -0.642. The number of nitrogens with one attached hydrogen (secondary N) is 3. The molecule has 0 aromatic heterocycles. The fourth-order valence-corrected chi connectivity index (χ4v) is 2.21. The number of primary amides is 1. The van der Waals surface area contributed by atoms with Gasteiger partial charge in [-0.2, -0.15) is 0 Å². The molecular formula is C19H20N4O3. The highest BCUT2D eigenvalue weighted by atomic mass is 16.2. The maximum atomic E-state index is 12.4. The van der Waals surface area contributed by atoms with Crippen LogP contribution in [0.2, 0.25) is 0 Å². The Bertz CT molecular complexity index is 816. The number of hydrogen-bond donors (Lipinski definition) is 4. The lowest BCUT2D eigenvalue weighted by molar-refractivity contribution is 0.0959. The van der Waals surface area contributed by atoms with E-state index < -0.39 is 6.03 Å². The average molecular weight is 352 g/mol. The maximum absolute atomic E-state index is 12.4. The average Bonchev–Trinajstić information content (AvgIpc) is 2.65. The summed E-state index contributed by atoms with van der Waals surface area (Å²) in [6.45, 7) is 4.17. The summed E-state index contributed by atoms with van der Waals surface area (Å²) in [6.07, 6.45) is 1.58. The van der Waals surface area contributed by atoms with E-state index in [0.717, 1.165) is 5.56 Å². The van der Waals surface area contributed by atoms with Crippen molar-refractivity contribution in [1.82, 2.24) is 10.6 Å². The second kappa shape index (κ2) is 9.03. The van der Waals surface area contributed by atoms with Gasteiger partial charge in [0.05, 0.1) is 11.3 Å². The summed E-state index contributed by atoms with van der Waals surface area (Å²) in [5, 5.41) is 7.89. The van der Waals surface area contributed by atoms with Gasteiger partial charge in [0.1, 0.15) is 0 Å². The van der Waals surface area contributed by atoms with E-state index in [-0.39, 0.29) is 18.4 Å². The van der Waals surface area contributed by atoms with Gasteiger partial charge in [-0.25, -0.2) is 4.79 Å². The van der Waals surface area contributed by atoms with Crippen LogP contribution in [-0.2, 0) is 6.54 Å². The van der Waals surface area contributed by atoms with Crippen LogP contribution >= 0.6 is 0 Å². The first-order valence-corrected chi connectivity index (χ1v) is 7.93. The number of amides is 4. The lowest BCUT2D eigenvalue weighted by Crippen LogP contribution is -2.28. The van der Waals surface area contributed by atoms with Crippen molar-refractivity contribution in [3.63, 3.8) is 0 Å². The Kier molecular flexibility index (Phi) is 6.50. The summed E-state index contributed by atoms with van der Waals surface area (Å²) >= 11 is 0. The summed E-state index contributed by atoms with van der Waals surface area (Å²) in [5.41, 5.74) is 7.04. The Morgan fingerprint density at radius 2 is 1.65 bits per heavy atom. The number of urea groups is 1. The highest BCUT2D eigenvalue weighted by Gasteiger charge is 2.13. The highest BCUT2D eigenvalue weighted by Crippen LogP contribution is 2.16. The normalized spacial score (nSPS) is 9.85. The molecule has 0 spiro atoms. The van der Waals surface area contributed by atoms with Crippen molar-refractivity contribution in [1.29, 1.82) is 0 Å². The van der Waals surface area contributed by atoms with Crippen molar-refractivity contribution in [2.45, 2.75) is 6.54 Å². The van der Waals surface area contributed by atoms with Gasteiger partial charge in [0.25, 0.3) is 11.8 Å². The van der Waals surface area contributed by atoms with Crippen molar-refractivity contribution in [3.05, 3.63) is 77.9 Å². The number of nitrogens with two attached hydrogens (primary N) is 1. The van der Waals surface area contributed by atoms with Crippen molar-refractivity contribution in [2.24, 2.45) is 5.73 Å². The van der Waals surface area contributed by atoms with E-state index in [2.05, 4.69) is 22.5 Å². The monoisotopic (exact) mass is 352 g/mol. The molecule has 0 heterocycles. The summed E-state index contributed by atoms with van der Waals surface area (Å²) < 4.78 is 0. The summed E-state index contributed by atoms with van der Waals surface area (Å²) in [7, 11) is 0. The molecule has 4 amide bonds. The molecule has 0 bridgehead atoms. The molecule has 0 radical (unpaired) electrons. The van der Waals surface area contributed by atoms with Gasteiger partial charge >= 0.3 is 6.03 Å². The molecule has 0 unspecified atom stereocenters. The minimum absolute atomic E-state index is 0.281. The Balaban J connectivity index is 2.09. The molecule has 0 saturated heterocycles. The first-order valence-electron chi connectivity index (χ1n) is 7.93. The third-order valence-corrected chi connectivity index (χ3v) is 3.51. The maximum Gasteiger partial charge on any atom is 0.312 e. The fourth-order valence-electron chi connectivity index (χ4n) is 2.21. The van der Waals surface area contributed by atoms with E-state index in [1.165, 1.54) is 0 Å². The van der Waals surface area contributed by atoms with Gasteiger partial charge in [0.15, 0.2) is 0 Å². The lowest BCUT2D eigenvalue weighted by Gasteiger charge is -2.11. The van der Waals surface area contributed by atoms with E-state index >= 15 is 0 Å².